The monoisotopic (exact) mass is 346 g/mol. The highest BCUT2D eigenvalue weighted by atomic mass is 32.1. The minimum Gasteiger partial charge on any atom is -0.492 e. The number of ether oxygens (including phenoxy) is 1. The molecule has 0 bridgehead atoms. The Labute approximate surface area is 148 Å². The lowest BCUT2D eigenvalue weighted by Crippen LogP contribution is -2.40. The third-order valence-corrected chi connectivity index (χ3v) is 4.58. The highest BCUT2D eigenvalue weighted by Gasteiger charge is 2.07. The standard InChI is InChI=1S/C18H26N4OS/c1-4-16-13-20-17(24-16)14-21-18(19-5-2)22(3)11-12-23-15-9-7-6-8-10-15/h6-10,13H,4-5,11-12,14H2,1-3H3,(H,19,21). The average molecular weight is 346 g/mol. The van der Waals surface area contributed by atoms with Gasteiger partial charge in [-0.25, -0.2) is 9.98 Å². The second-order valence-corrected chi connectivity index (χ2v) is 6.53. The van der Waals surface area contributed by atoms with Crippen molar-refractivity contribution in [1.29, 1.82) is 0 Å². The number of hydrogen-bond acceptors (Lipinski definition) is 4. The van der Waals surface area contributed by atoms with Crippen molar-refractivity contribution in [3.05, 3.63) is 46.4 Å². The van der Waals surface area contributed by atoms with E-state index in [0.717, 1.165) is 36.2 Å². The second kappa shape index (κ2) is 9.93. The molecule has 2 rings (SSSR count). The summed E-state index contributed by atoms with van der Waals surface area (Å²) in [5.74, 6) is 1.77. The summed E-state index contributed by atoms with van der Waals surface area (Å²) in [6.07, 6.45) is 2.97. The molecule has 0 saturated carbocycles. The van der Waals surface area contributed by atoms with Crippen molar-refractivity contribution in [3.8, 4) is 5.75 Å². The van der Waals surface area contributed by atoms with Gasteiger partial charge in [0.25, 0.3) is 0 Å². The number of guanidine groups is 1. The van der Waals surface area contributed by atoms with E-state index in [-0.39, 0.29) is 0 Å². The fraction of sp³-hybridized carbons (Fsp3) is 0.444. The number of nitrogens with zero attached hydrogens (tertiary/aromatic N) is 3. The Bertz CT molecular complexity index is 627. The van der Waals surface area contributed by atoms with Crippen LogP contribution in [0.1, 0.15) is 23.7 Å². The number of hydrogen-bond donors (Lipinski definition) is 1. The third-order valence-electron chi connectivity index (χ3n) is 3.45. The molecule has 0 aliphatic heterocycles. The zero-order valence-electron chi connectivity index (χ0n) is 14.7. The maximum atomic E-state index is 5.75. The second-order valence-electron chi connectivity index (χ2n) is 5.33. The lowest BCUT2D eigenvalue weighted by Gasteiger charge is -2.22. The fourth-order valence-electron chi connectivity index (χ4n) is 2.12. The van der Waals surface area contributed by atoms with Crippen LogP contribution in [0, 0.1) is 0 Å². The molecular weight excluding hydrogens is 320 g/mol. The highest BCUT2D eigenvalue weighted by Crippen LogP contribution is 2.14. The van der Waals surface area contributed by atoms with Crippen molar-refractivity contribution < 1.29 is 4.74 Å². The first-order valence-electron chi connectivity index (χ1n) is 8.33. The quantitative estimate of drug-likeness (QED) is 0.589. The van der Waals surface area contributed by atoms with E-state index < -0.39 is 0 Å². The molecule has 0 radical (unpaired) electrons. The number of aliphatic imine (C=N–C) groups is 1. The lowest BCUT2D eigenvalue weighted by molar-refractivity contribution is 0.281. The molecule has 0 saturated heterocycles. The van der Waals surface area contributed by atoms with E-state index in [1.54, 1.807) is 11.3 Å². The number of aromatic nitrogens is 1. The fourth-order valence-corrected chi connectivity index (χ4v) is 2.91. The highest BCUT2D eigenvalue weighted by molar-refractivity contribution is 7.11. The van der Waals surface area contributed by atoms with Crippen LogP contribution < -0.4 is 10.1 Å². The maximum absolute atomic E-state index is 5.75. The molecule has 2 aromatic rings. The van der Waals surface area contributed by atoms with Gasteiger partial charge in [0.2, 0.25) is 0 Å². The Hall–Kier alpha value is -2.08. The topological polar surface area (TPSA) is 49.8 Å². The SMILES string of the molecule is CCNC(=NCc1ncc(CC)s1)N(C)CCOc1ccccc1. The van der Waals surface area contributed by atoms with Gasteiger partial charge in [0, 0.05) is 24.7 Å². The van der Waals surface area contributed by atoms with Gasteiger partial charge < -0.3 is 15.0 Å². The van der Waals surface area contributed by atoms with Crippen LogP contribution in [-0.2, 0) is 13.0 Å². The van der Waals surface area contributed by atoms with Gasteiger partial charge in [-0.1, -0.05) is 25.1 Å². The molecule has 0 unspecified atom stereocenters. The van der Waals surface area contributed by atoms with Crippen molar-refractivity contribution in [3.63, 3.8) is 0 Å². The molecule has 1 N–H and O–H groups in total. The summed E-state index contributed by atoms with van der Waals surface area (Å²) in [6.45, 7) is 7.03. The van der Waals surface area contributed by atoms with E-state index >= 15 is 0 Å². The Balaban J connectivity index is 1.86. The van der Waals surface area contributed by atoms with E-state index in [0.29, 0.717) is 13.2 Å². The predicted molar refractivity (Wildman–Crippen MR) is 101 cm³/mol. The summed E-state index contributed by atoms with van der Waals surface area (Å²) >= 11 is 1.73. The van der Waals surface area contributed by atoms with Crippen molar-refractivity contribution in [2.24, 2.45) is 4.99 Å². The van der Waals surface area contributed by atoms with Crippen LogP contribution in [0.2, 0.25) is 0 Å². The summed E-state index contributed by atoms with van der Waals surface area (Å²) in [5, 5.41) is 4.37. The predicted octanol–water partition coefficient (Wildman–Crippen LogP) is 3.18. The Kier molecular flexibility index (Phi) is 7.55. The maximum Gasteiger partial charge on any atom is 0.194 e. The summed E-state index contributed by atoms with van der Waals surface area (Å²) in [5.41, 5.74) is 0. The average Bonchev–Trinajstić information content (AvgIpc) is 3.07. The molecule has 5 nitrogen and oxygen atoms in total. The van der Waals surface area contributed by atoms with E-state index in [4.69, 9.17) is 4.74 Å². The van der Waals surface area contributed by atoms with Crippen molar-refractivity contribution >= 4 is 17.3 Å². The number of thiazole rings is 1. The van der Waals surface area contributed by atoms with Crippen LogP contribution in [0.4, 0.5) is 0 Å². The van der Waals surface area contributed by atoms with Crippen LogP contribution in [-0.4, -0.2) is 42.6 Å². The summed E-state index contributed by atoms with van der Waals surface area (Å²) in [6, 6.07) is 9.87. The normalized spacial score (nSPS) is 11.4. The molecule has 0 atom stereocenters. The number of aryl methyl sites for hydroxylation is 1. The summed E-state index contributed by atoms with van der Waals surface area (Å²) in [4.78, 5) is 12.5. The number of rotatable bonds is 8. The molecule has 0 amide bonds. The molecule has 130 valence electrons. The number of likely N-dealkylation sites (N-methyl/N-ethyl adjacent to an activating group) is 1. The number of benzene rings is 1. The molecule has 1 aromatic heterocycles. The first-order valence-corrected chi connectivity index (χ1v) is 9.15. The van der Waals surface area contributed by atoms with E-state index in [1.165, 1.54) is 4.88 Å². The van der Waals surface area contributed by atoms with Gasteiger partial charge >= 0.3 is 0 Å². The van der Waals surface area contributed by atoms with Gasteiger partial charge in [-0.2, -0.15) is 0 Å². The smallest absolute Gasteiger partial charge is 0.194 e. The first-order chi connectivity index (χ1) is 11.7. The van der Waals surface area contributed by atoms with Gasteiger partial charge in [0.05, 0.1) is 13.1 Å². The van der Waals surface area contributed by atoms with Crippen molar-refractivity contribution in [2.75, 3.05) is 26.7 Å². The minimum absolute atomic E-state index is 0.608. The molecule has 0 spiro atoms. The Morgan fingerprint density at radius 3 is 2.75 bits per heavy atom. The van der Waals surface area contributed by atoms with Gasteiger partial charge in [-0.3, -0.25) is 0 Å². The van der Waals surface area contributed by atoms with E-state index in [1.807, 2.05) is 43.6 Å². The zero-order chi connectivity index (χ0) is 17.2. The van der Waals surface area contributed by atoms with E-state index in [9.17, 15) is 0 Å². The lowest BCUT2D eigenvalue weighted by atomic mass is 10.3. The van der Waals surface area contributed by atoms with E-state index in [2.05, 4.69) is 34.0 Å². The number of nitrogens with one attached hydrogen (secondary N) is 1. The zero-order valence-corrected chi connectivity index (χ0v) is 15.5. The molecule has 0 aliphatic carbocycles. The number of para-hydroxylation sites is 1. The minimum atomic E-state index is 0.608. The Morgan fingerprint density at radius 2 is 2.08 bits per heavy atom. The van der Waals surface area contributed by atoms with Gasteiger partial charge in [0.15, 0.2) is 5.96 Å². The van der Waals surface area contributed by atoms with Gasteiger partial charge in [0.1, 0.15) is 17.4 Å². The molecule has 6 heteroatoms. The van der Waals surface area contributed by atoms with Crippen molar-refractivity contribution in [1.82, 2.24) is 15.2 Å². The molecular formula is C18H26N4OS. The van der Waals surface area contributed by atoms with Gasteiger partial charge in [-0.15, -0.1) is 11.3 Å². The van der Waals surface area contributed by atoms with Crippen LogP contribution in [0.5, 0.6) is 5.75 Å². The first kappa shape index (κ1) is 18.3. The summed E-state index contributed by atoms with van der Waals surface area (Å²) < 4.78 is 5.75. The molecule has 0 fully saturated rings. The Morgan fingerprint density at radius 1 is 1.29 bits per heavy atom. The molecule has 1 heterocycles. The third kappa shape index (κ3) is 5.85. The van der Waals surface area contributed by atoms with Crippen molar-refractivity contribution in [2.45, 2.75) is 26.8 Å². The largest absolute Gasteiger partial charge is 0.492 e. The summed E-state index contributed by atoms with van der Waals surface area (Å²) in [7, 11) is 2.02. The molecule has 0 aliphatic rings. The van der Waals surface area contributed by atoms with Crippen LogP contribution >= 0.6 is 11.3 Å². The van der Waals surface area contributed by atoms with Crippen LogP contribution in [0.15, 0.2) is 41.5 Å². The van der Waals surface area contributed by atoms with Crippen LogP contribution in [0.3, 0.4) is 0 Å². The van der Waals surface area contributed by atoms with Gasteiger partial charge in [-0.05, 0) is 25.5 Å². The van der Waals surface area contributed by atoms with Crippen LogP contribution in [0.25, 0.3) is 0 Å². The molecule has 24 heavy (non-hydrogen) atoms. The molecule has 1 aromatic carbocycles.